The van der Waals surface area contributed by atoms with E-state index in [0.717, 1.165) is 95.0 Å². The van der Waals surface area contributed by atoms with Crippen LogP contribution in [-0.4, -0.2) is 145 Å². The summed E-state index contributed by atoms with van der Waals surface area (Å²) in [5.41, 5.74) is 10.3. The van der Waals surface area contributed by atoms with Crippen molar-refractivity contribution in [3.8, 4) is 92.0 Å². The van der Waals surface area contributed by atoms with Gasteiger partial charge < -0.3 is 122 Å². The standard InChI is InChI=1S/C16H21NO3.C15H20N2O3.C13H16O6S.C13H14O3.C12H14O4.C12H12O4.C8H7BrO2.C8H5BrO2/c1-12(11-17-6-2-3-7-17)16(18)13-4-5-14-15(10-13)20-9-8-19-14;16-12(10-17-5-1-2-6-17)15(18)11-3-4-13-14(9-11)20-8-7-19-13;1-9(8-19-20(2,15)16)13(14)10-3-4-11-12(7-10)18-6-5-17-11;1-3-9(2)13(14)10-4-5-11-12(8-10)16-7-6-15-11;2*1-8(7-13)12(14)9-2-3-10-11(6-9)16-5-4-15-10;2*9-6-1-2-7-8(5-6)11-4-3-10-7/h4-5,8-10,12,16,18H,2-3,6-7,11H2,1H3;3-4,7-9,12,15,18H,1-2,5-6,10,16H2;3-7,9,13-14H,8H2,1-2H3;4-9H,3H2,1-2H3;2-6,8,12-14H,7H2,1H3;2-6,8,13H,7H2,1H3;1-2,5H,3-4H2;1-5H/t12-,16+;12-,15-;9-,13+;9-;8-,12+;8-;;/m111111../s1. The van der Waals surface area contributed by atoms with Crippen molar-refractivity contribution in [1.29, 1.82) is 0 Å². The summed E-state index contributed by atoms with van der Waals surface area (Å²) in [5.74, 6) is 9.61. The number of carbonyl (C=O) groups is 2. The normalized spacial score (nSPS) is 17.0. The molecule has 8 N–H and O–H groups in total. The van der Waals surface area contributed by atoms with Crippen LogP contribution in [0.5, 0.6) is 92.0 Å². The van der Waals surface area contributed by atoms with Gasteiger partial charge in [0.2, 0.25) is 0 Å². The van der Waals surface area contributed by atoms with Crippen LogP contribution < -0.4 is 81.5 Å². The van der Waals surface area contributed by atoms with Crippen molar-refractivity contribution in [3.63, 3.8) is 0 Å². The minimum atomic E-state index is -3.51. The number of benzene rings is 8. The molecule has 694 valence electrons. The summed E-state index contributed by atoms with van der Waals surface area (Å²) in [4.78, 5) is 28.5. The fraction of sp³-hybridized carbons (Fsp3) is 0.340. The molecule has 33 heteroatoms. The third-order valence-corrected chi connectivity index (χ3v) is 22.8. The van der Waals surface area contributed by atoms with Crippen LogP contribution >= 0.6 is 31.9 Å². The average Bonchev–Trinajstić information content (AvgIpc) is 1.43. The van der Waals surface area contributed by atoms with E-state index in [2.05, 4.69) is 48.6 Å². The van der Waals surface area contributed by atoms with Crippen LogP contribution in [0.4, 0.5) is 0 Å². The molecule has 2 fully saturated rings. The number of fused-ring (bicyclic) bond motifs is 8. The van der Waals surface area contributed by atoms with E-state index >= 15 is 0 Å². The lowest BCUT2D eigenvalue weighted by atomic mass is 9.96. The van der Waals surface area contributed by atoms with Crippen LogP contribution in [0.25, 0.3) is 0 Å². The van der Waals surface area contributed by atoms with E-state index in [1.165, 1.54) is 113 Å². The minimum Gasteiger partial charge on any atom is -0.486 e. The number of hydrogen-bond acceptors (Lipinski definition) is 30. The van der Waals surface area contributed by atoms with Gasteiger partial charge in [0, 0.05) is 69.5 Å². The topological polar surface area (TPSA) is 379 Å². The molecule has 8 aromatic carbocycles. The highest BCUT2D eigenvalue weighted by Crippen LogP contribution is 2.42. The van der Waals surface area contributed by atoms with Gasteiger partial charge >= 0.3 is 0 Å². The smallest absolute Gasteiger partial charge is 0.264 e. The molecule has 2 saturated heterocycles. The predicted octanol–water partition coefficient (Wildman–Crippen LogP) is 17.1. The molecule has 8 aromatic rings. The van der Waals surface area contributed by atoms with Crippen LogP contribution in [-0.2, 0) is 14.3 Å². The van der Waals surface area contributed by atoms with Gasteiger partial charge in [-0.3, -0.25) is 13.8 Å². The molecule has 10 aliphatic heterocycles. The number of carbonyl (C=O) groups excluding carboxylic acids is 2. The molecule has 0 bridgehead atoms. The van der Waals surface area contributed by atoms with Gasteiger partial charge in [-0.15, -0.1) is 0 Å². The molecular formula is C97H109Br2N3O27S. The Balaban J connectivity index is 0.000000145. The maximum Gasteiger partial charge on any atom is 0.264 e. The number of halogens is 2. The summed E-state index contributed by atoms with van der Waals surface area (Å²) < 4.78 is 113. The number of likely N-dealkylation sites (tertiary alicyclic amines) is 2. The molecule has 30 nitrogen and oxygen atoms in total. The molecule has 0 radical (unpaired) electrons. The molecular weight excluding hydrogens is 1830 g/mol. The second-order valence-electron chi connectivity index (χ2n) is 31.3. The first-order valence-electron chi connectivity index (χ1n) is 42.4. The first kappa shape index (κ1) is 99.2. The number of ether oxygens (including phenoxy) is 16. The SMILES string of the molecule is Brc1ccc2c(c1)OC=CO2.Brc1ccc2c(c1)OCCO2.CC[C@@H](C)C(=O)c1ccc2c(c1)OC=CO2.C[C@H](CN1CCCC1)[C@H](O)c1ccc2c(c1)OC=CO2.C[C@H](CO)C(=O)c1ccc2c(c1)OC=CO2.C[C@H](CO)[C@H](O)c1ccc2c(c1)OC=CO2.C[C@H](COS(C)(=O)=O)[C@H](O)c1ccc2c(c1)OC=CO2.N[C@H](CN1CCCC1)[C@H](O)c1ccc2c(c1)OC=CO2. The Kier molecular flexibility index (Phi) is 37.8. The van der Waals surface area contributed by atoms with E-state index in [4.69, 9.17) is 95.9 Å². The molecule has 10 atom stereocenters. The fourth-order valence-corrected chi connectivity index (χ4v) is 14.9. The summed E-state index contributed by atoms with van der Waals surface area (Å²) >= 11 is 6.69. The molecule has 130 heavy (non-hydrogen) atoms. The van der Waals surface area contributed by atoms with Crippen LogP contribution in [0.15, 0.2) is 242 Å². The number of aliphatic hydroxyl groups excluding tert-OH is 6. The molecule has 10 aliphatic rings. The van der Waals surface area contributed by atoms with Crippen molar-refractivity contribution in [2.24, 2.45) is 35.3 Å². The number of Topliss-reactive ketones (excluding diaryl/α,β-unsaturated/α-hetero) is 2. The van der Waals surface area contributed by atoms with Crippen LogP contribution in [0.1, 0.15) is 141 Å². The number of nitrogens with two attached hydrogens (primary N) is 1. The predicted molar refractivity (Wildman–Crippen MR) is 490 cm³/mol. The van der Waals surface area contributed by atoms with Crippen LogP contribution in [0.3, 0.4) is 0 Å². The molecule has 0 unspecified atom stereocenters. The van der Waals surface area contributed by atoms with E-state index in [-0.39, 0.29) is 61.1 Å². The number of nitrogens with zero attached hydrogens (tertiary/aromatic N) is 2. The van der Waals surface area contributed by atoms with E-state index in [1.54, 1.807) is 106 Å². The minimum absolute atomic E-state index is 0.0399. The van der Waals surface area contributed by atoms with Gasteiger partial charge in [-0.2, -0.15) is 8.42 Å². The number of hydrogen-bond donors (Lipinski definition) is 7. The largest absolute Gasteiger partial charge is 0.486 e. The highest BCUT2D eigenvalue weighted by atomic mass is 79.9. The lowest BCUT2D eigenvalue weighted by Crippen LogP contribution is -2.40. The van der Waals surface area contributed by atoms with E-state index in [0.29, 0.717) is 104 Å². The molecule has 18 rings (SSSR count). The summed E-state index contributed by atoms with van der Waals surface area (Å²) in [6, 6.07) is 42.6. The highest BCUT2D eigenvalue weighted by Gasteiger charge is 2.29. The van der Waals surface area contributed by atoms with E-state index in [9.17, 15) is 38.4 Å². The molecule has 0 saturated carbocycles. The first-order valence-corrected chi connectivity index (χ1v) is 45.8. The maximum atomic E-state index is 11.9. The number of ketones is 2. The molecule has 0 aliphatic carbocycles. The van der Waals surface area contributed by atoms with Crippen molar-refractivity contribution < 1.29 is 129 Å². The van der Waals surface area contributed by atoms with Crippen LogP contribution in [0.2, 0.25) is 0 Å². The van der Waals surface area contributed by atoms with Crippen molar-refractivity contribution in [2.75, 3.05) is 78.6 Å². The molecule has 10 heterocycles. The fourth-order valence-electron chi connectivity index (χ4n) is 13.7. The number of rotatable bonds is 22. The molecule has 0 spiro atoms. The van der Waals surface area contributed by atoms with Crippen molar-refractivity contribution >= 4 is 53.5 Å². The zero-order valence-corrected chi connectivity index (χ0v) is 76.9. The third-order valence-electron chi connectivity index (χ3n) is 21.3. The van der Waals surface area contributed by atoms with Crippen molar-refractivity contribution in [1.82, 2.24) is 9.80 Å². The summed E-state index contributed by atoms with van der Waals surface area (Å²) in [7, 11) is -3.51. The Morgan fingerprint density at radius 2 is 0.662 bits per heavy atom. The van der Waals surface area contributed by atoms with Gasteiger partial charge in [-0.25, -0.2) is 0 Å². The summed E-state index contributed by atoms with van der Waals surface area (Å²) in [5, 5.41) is 58.9. The maximum absolute atomic E-state index is 11.9. The van der Waals surface area contributed by atoms with Gasteiger partial charge in [0.1, 0.15) is 101 Å². The quantitative estimate of drug-likeness (QED) is 0.0245. The zero-order chi connectivity index (χ0) is 92.6. The lowest BCUT2D eigenvalue weighted by molar-refractivity contribution is 0.0767. The highest BCUT2D eigenvalue weighted by molar-refractivity contribution is 9.10. The summed E-state index contributed by atoms with van der Waals surface area (Å²) in [6.07, 6.45) is 24.5. The second kappa shape index (κ2) is 49.6. The van der Waals surface area contributed by atoms with Crippen molar-refractivity contribution in [3.05, 3.63) is 276 Å². The summed E-state index contributed by atoms with van der Waals surface area (Å²) in [6.45, 7) is 18.3. The zero-order valence-electron chi connectivity index (χ0n) is 72.9. The Morgan fingerprint density at radius 3 is 1.02 bits per heavy atom. The number of aliphatic hydroxyl groups is 6. The Hall–Kier alpha value is -11.4. The lowest BCUT2D eigenvalue weighted by Gasteiger charge is -2.25. The van der Waals surface area contributed by atoms with E-state index < -0.39 is 40.5 Å². The van der Waals surface area contributed by atoms with Gasteiger partial charge in [0.05, 0.1) is 43.9 Å². The Morgan fingerprint density at radius 1 is 0.369 bits per heavy atom. The van der Waals surface area contributed by atoms with Crippen molar-refractivity contribution in [2.45, 2.75) is 104 Å². The van der Waals surface area contributed by atoms with Crippen LogP contribution in [0, 0.1) is 29.6 Å². The average molecular weight is 1940 g/mol. The van der Waals surface area contributed by atoms with Gasteiger partial charge in [0.15, 0.2) is 104 Å². The third kappa shape index (κ3) is 29.3. The Labute approximate surface area is 772 Å². The van der Waals surface area contributed by atoms with E-state index in [1.807, 2.05) is 74.5 Å². The monoisotopic (exact) mass is 1940 g/mol. The molecule has 0 aromatic heterocycles. The van der Waals surface area contributed by atoms with Gasteiger partial charge in [0.25, 0.3) is 10.1 Å². The first-order chi connectivity index (χ1) is 62.7. The van der Waals surface area contributed by atoms with Gasteiger partial charge in [-0.1, -0.05) is 97.7 Å². The van der Waals surface area contributed by atoms with Gasteiger partial charge in [-0.05, 0) is 208 Å². The Bertz CT molecular complexity index is 5250. The molecule has 0 amide bonds. The second-order valence-corrected chi connectivity index (χ2v) is 34.7.